The zero-order valence-corrected chi connectivity index (χ0v) is 15.7. The number of aromatic amines is 1. The van der Waals surface area contributed by atoms with Gasteiger partial charge in [-0.3, -0.25) is 4.79 Å². The van der Waals surface area contributed by atoms with Crippen LogP contribution >= 0.6 is 0 Å². The fraction of sp³-hybridized carbons (Fsp3) is 0.421. The van der Waals surface area contributed by atoms with Crippen LogP contribution in [0.2, 0.25) is 0 Å². The number of nitrogens with one attached hydrogen (secondary N) is 1. The van der Waals surface area contributed by atoms with E-state index in [0.717, 1.165) is 31.2 Å². The maximum atomic E-state index is 13.1. The number of rotatable bonds is 6. The van der Waals surface area contributed by atoms with Crippen molar-refractivity contribution in [2.45, 2.75) is 43.2 Å². The zero-order chi connectivity index (χ0) is 19.0. The third-order valence-corrected chi connectivity index (χ3v) is 6.98. The summed E-state index contributed by atoms with van der Waals surface area (Å²) < 4.78 is 39.9. The second kappa shape index (κ2) is 7.09. The maximum absolute atomic E-state index is 13.1. The Morgan fingerprint density at radius 3 is 2.48 bits per heavy atom. The predicted molar refractivity (Wildman–Crippen MR) is 98.1 cm³/mol. The van der Waals surface area contributed by atoms with E-state index >= 15 is 0 Å². The summed E-state index contributed by atoms with van der Waals surface area (Å²) in [5.74, 6) is -0.547. The van der Waals surface area contributed by atoms with E-state index in [1.807, 2.05) is 0 Å². The number of benzene rings is 1. The van der Waals surface area contributed by atoms with Crippen LogP contribution < -0.4 is 0 Å². The van der Waals surface area contributed by atoms with E-state index in [9.17, 15) is 17.6 Å². The van der Waals surface area contributed by atoms with Crippen LogP contribution in [0.1, 0.15) is 41.7 Å². The van der Waals surface area contributed by atoms with Crippen molar-refractivity contribution < 1.29 is 17.6 Å². The molecule has 1 aliphatic carbocycles. The van der Waals surface area contributed by atoms with Gasteiger partial charge in [-0.15, -0.1) is 0 Å². The van der Waals surface area contributed by atoms with Gasteiger partial charge in [0, 0.05) is 31.9 Å². The molecule has 0 atom stereocenters. The Balaban J connectivity index is 1.54. The number of carbonyl (C=O) groups is 1. The summed E-state index contributed by atoms with van der Waals surface area (Å²) in [6.45, 7) is 1.42. The topological polar surface area (TPSA) is 73.5 Å². The van der Waals surface area contributed by atoms with Crippen molar-refractivity contribution >= 4 is 15.9 Å². The molecule has 1 aliphatic heterocycles. The van der Waals surface area contributed by atoms with Gasteiger partial charge in [0.1, 0.15) is 16.4 Å². The number of halogens is 1. The van der Waals surface area contributed by atoms with E-state index in [-0.39, 0.29) is 28.4 Å². The Hall–Kier alpha value is -2.19. The maximum Gasteiger partial charge on any atom is 0.270 e. The molecule has 4 rings (SSSR count). The first-order valence-corrected chi connectivity index (χ1v) is 10.6. The quantitative estimate of drug-likeness (QED) is 0.823. The first-order valence-electron chi connectivity index (χ1n) is 9.19. The van der Waals surface area contributed by atoms with Crippen LogP contribution in [0.15, 0.2) is 41.4 Å². The van der Waals surface area contributed by atoms with Crippen molar-refractivity contribution in [1.29, 1.82) is 0 Å². The SMILES string of the molecule is O=C(c1cc(S(=O)(=O)N2CCCC2)c[nH]1)N(Cc1ccc(F)cc1)C1CC1. The van der Waals surface area contributed by atoms with Crippen LogP contribution in [0, 0.1) is 5.82 Å². The molecule has 144 valence electrons. The zero-order valence-electron chi connectivity index (χ0n) is 14.9. The number of sulfonamides is 1. The smallest absolute Gasteiger partial charge is 0.270 e. The minimum atomic E-state index is -3.56. The van der Waals surface area contributed by atoms with Crippen molar-refractivity contribution in [3.8, 4) is 0 Å². The lowest BCUT2D eigenvalue weighted by molar-refractivity contribution is 0.0724. The molecule has 0 bridgehead atoms. The molecule has 0 spiro atoms. The van der Waals surface area contributed by atoms with Gasteiger partial charge in [0.05, 0.1) is 0 Å². The molecule has 2 heterocycles. The average molecular weight is 391 g/mol. The fourth-order valence-electron chi connectivity index (χ4n) is 3.42. The van der Waals surface area contributed by atoms with Gasteiger partial charge < -0.3 is 9.88 Å². The first kappa shape index (κ1) is 18.2. The number of carbonyl (C=O) groups excluding carboxylic acids is 1. The highest BCUT2D eigenvalue weighted by Crippen LogP contribution is 2.30. The van der Waals surface area contributed by atoms with Crippen molar-refractivity contribution in [3.05, 3.63) is 53.6 Å². The Morgan fingerprint density at radius 1 is 1.19 bits per heavy atom. The summed E-state index contributed by atoms with van der Waals surface area (Å²) in [7, 11) is -3.56. The number of amides is 1. The van der Waals surface area contributed by atoms with Crippen LogP contribution in [0.3, 0.4) is 0 Å². The monoisotopic (exact) mass is 391 g/mol. The van der Waals surface area contributed by atoms with Crippen molar-refractivity contribution in [1.82, 2.24) is 14.2 Å². The second-order valence-electron chi connectivity index (χ2n) is 7.15. The lowest BCUT2D eigenvalue weighted by Gasteiger charge is -2.22. The molecular formula is C19H22FN3O3S. The number of aromatic nitrogens is 1. The van der Waals surface area contributed by atoms with Crippen molar-refractivity contribution in [3.63, 3.8) is 0 Å². The predicted octanol–water partition coefficient (Wildman–Crippen LogP) is 2.74. The molecular weight excluding hydrogens is 369 g/mol. The largest absolute Gasteiger partial charge is 0.356 e. The molecule has 6 nitrogen and oxygen atoms in total. The van der Waals surface area contributed by atoms with Crippen LogP contribution in [-0.4, -0.2) is 47.6 Å². The lowest BCUT2D eigenvalue weighted by Crippen LogP contribution is -2.32. The highest BCUT2D eigenvalue weighted by Gasteiger charge is 2.35. The number of H-pyrrole nitrogens is 1. The van der Waals surface area contributed by atoms with Gasteiger partial charge in [0.25, 0.3) is 5.91 Å². The molecule has 1 saturated heterocycles. The van der Waals surface area contributed by atoms with Crippen LogP contribution in [0.4, 0.5) is 4.39 Å². The summed E-state index contributed by atoms with van der Waals surface area (Å²) in [5, 5.41) is 0. The first-order chi connectivity index (χ1) is 12.9. The standard InChI is InChI=1S/C19H22FN3O3S/c20-15-5-3-14(4-6-15)13-23(16-7-8-16)19(24)18-11-17(12-21-18)27(25,26)22-9-1-2-10-22/h3-6,11-12,16,21H,1-2,7-10,13H2. The lowest BCUT2D eigenvalue weighted by atomic mass is 10.2. The minimum Gasteiger partial charge on any atom is -0.356 e. The van der Waals surface area contributed by atoms with Gasteiger partial charge in [0.15, 0.2) is 0 Å². The molecule has 1 saturated carbocycles. The Kier molecular flexibility index (Phi) is 4.77. The summed E-state index contributed by atoms with van der Waals surface area (Å²) in [6, 6.07) is 7.65. The van der Waals surface area contributed by atoms with Gasteiger partial charge in [-0.2, -0.15) is 4.31 Å². The van der Waals surface area contributed by atoms with E-state index in [0.29, 0.717) is 19.6 Å². The normalized spacial score (nSPS) is 18.0. The average Bonchev–Trinajstić information content (AvgIpc) is 3.14. The van der Waals surface area contributed by atoms with Gasteiger partial charge in [-0.05, 0) is 49.4 Å². The minimum absolute atomic E-state index is 0.130. The summed E-state index contributed by atoms with van der Waals surface area (Å²) in [6.07, 6.45) is 4.97. The number of hydrogen-bond donors (Lipinski definition) is 1. The van der Waals surface area contributed by atoms with E-state index in [1.165, 1.54) is 28.7 Å². The highest BCUT2D eigenvalue weighted by atomic mass is 32.2. The molecule has 1 amide bonds. The molecule has 2 aliphatic rings. The van der Waals surface area contributed by atoms with Gasteiger partial charge >= 0.3 is 0 Å². The van der Waals surface area contributed by atoms with Gasteiger partial charge in [0.2, 0.25) is 10.0 Å². The molecule has 1 aromatic carbocycles. The Labute approximate surface area is 158 Å². The number of nitrogens with zero attached hydrogens (tertiary/aromatic N) is 2. The molecule has 0 unspecified atom stereocenters. The van der Waals surface area contributed by atoms with Crippen LogP contribution in [0.25, 0.3) is 0 Å². The molecule has 1 aromatic heterocycles. The molecule has 27 heavy (non-hydrogen) atoms. The molecule has 2 aromatic rings. The van der Waals surface area contributed by atoms with Gasteiger partial charge in [-0.1, -0.05) is 12.1 Å². The molecule has 1 N–H and O–H groups in total. The fourth-order valence-corrected chi connectivity index (χ4v) is 4.93. The van der Waals surface area contributed by atoms with Crippen LogP contribution in [-0.2, 0) is 16.6 Å². The van der Waals surface area contributed by atoms with Gasteiger partial charge in [-0.25, -0.2) is 12.8 Å². The van der Waals surface area contributed by atoms with Crippen molar-refractivity contribution in [2.24, 2.45) is 0 Å². The third-order valence-electron chi connectivity index (χ3n) is 5.10. The van der Waals surface area contributed by atoms with E-state index in [2.05, 4.69) is 4.98 Å². The van der Waals surface area contributed by atoms with E-state index in [1.54, 1.807) is 17.0 Å². The third kappa shape index (κ3) is 3.77. The van der Waals surface area contributed by atoms with Crippen LogP contribution in [0.5, 0.6) is 0 Å². The molecule has 2 fully saturated rings. The Morgan fingerprint density at radius 2 is 1.85 bits per heavy atom. The number of hydrogen-bond acceptors (Lipinski definition) is 3. The summed E-state index contributed by atoms with van der Waals surface area (Å²) in [4.78, 5) is 17.7. The van der Waals surface area contributed by atoms with Crippen molar-refractivity contribution in [2.75, 3.05) is 13.1 Å². The summed E-state index contributed by atoms with van der Waals surface area (Å²) >= 11 is 0. The molecule has 8 heteroatoms. The molecule has 0 radical (unpaired) electrons. The summed E-state index contributed by atoms with van der Waals surface area (Å²) in [5.41, 5.74) is 1.11. The Bertz CT molecular complexity index is 929. The second-order valence-corrected chi connectivity index (χ2v) is 9.09. The van der Waals surface area contributed by atoms with E-state index < -0.39 is 10.0 Å². The highest BCUT2D eigenvalue weighted by molar-refractivity contribution is 7.89. The van der Waals surface area contributed by atoms with E-state index in [4.69, 9.17) is 0 Å².